The zero-order valence-electron chi connectivity index (χ0n) is 9.60. The number of nitrogens with zero attached hydrogens (tertiary/aromatic N) is 1. The number of halogens is 1. The third-order valence-electron chi connectivity index (χ3n) is 2.80. The van der Waals surface area contributed by atoms with E-state index >= 15 is 0 Å². The minimum Gasteiger partial charge on any atom is -0.389 e. The van der Waals surface area contributed by atoms with Crippen LogP contribution in [0.2, 0.25) is 0 Å². The zero-order valence-corrected chi connectivity index (χ0v) is 11.2. The van der Waals surface area contributed by atoms with Crippen molar-refractivity contribution in [3.05, 3.63) is 35.1 Å². The second-order valence-corrected chi connectivity index (χ2v) is 6.74. The van der Waals surface area contributed by atoms with Gasteiger partial charge in [-0.25, -0.2) is 12.8 Å². The highest BCUT2D eigenvalue weighted by Gasteiger charge is 2.28. The van der Waals surface area contributed by atoms with Gasteiger partial charge in [-0.2, -0.15) is 4.31 Å². The molecule has 2 rings (SSSR count). The molecular formula is C11H13FN2O2S2. The number of sulfonamides is 1. The number of benzene rings is 1. The summed E-state index contributed by atoms with van der Waals surface area (Å²) in [6, 6.07) is 4.17. The van der Waals surface area contributed by atoms with Crippen molar-refractivity contribution in [3.63, 3.8) is 0 Å². The average Bonchev–Trinajstić information content (AvgIpc) is 2.57. The molecular weight excluding hydrogens is 275 g/mol. The van der Waals surface area contributed by atoms with Crippen LogP contribution in [-0.4, -0.2) is 30.0 Å². The summed E-state index contributed by atoms with van der Waals surface area (Å²) in [7, 11) is -3.18. The number of nitrogens with two attached hydrogens (primary N) is 1. The van der Waals surface area contributed by atoms with E-state index in [0.29, 0.717) is 24.1 Å². The minimum atomic E-state index is -3.18. The van der Waals surface area contributed by atoms with Crippen molar-refractivity contribution in [1.82, 2.24) is 4.31 Å². The van der Waals surface area contributed by atoms with Gasteiger partial charge in [0.1, 0.15) is 10.8 Å². The summed E-state index contributed by atoms with van der Waals surface area (Å²) in [4.78, 5) is 0.0972. The lowest BCUT2D eigenvalue weighted by molar-refractivity contribution is 0.438. The third kappa shape index (κ3) is 2.85. The van der Waals surface area contributed by atoms with Crippen molar-refractivity contribution < 1.29 is 12.8 Å². The Morgan fingerprint density at radius 2 is 2.17 bits per heavy atom. The van der Waals surface area contributed by atoms with E-state index in [1.54, 1.807) is 6.07 Å². The molecule has 0 bridgehead atoms. The molecule has 18 heavy (non-hydrogen) atoms. The fourth-order valence-electron chi connectivity index (χ4n) is 1.96. The number of thiocarbonyl (C=S) groups is 1. The fourth-order valence-corrected chi connectivity index (χ4v) is 3.58. The van der Waals surface area contributed by atoms with E-state index in [9.17, 15) is 12.8 Å². The SMILES string of the molecule is NC(=S)c1cc(F)cc(CN2CCCS2(=O)=O)c1. The van der Waals surface area contributed by atoms with Crippen LogP contribution in [0.4, 0.5) is 4.39 Å². The normalized spacial score (nSPS) is 18.9. The molecule has 1 heterocycles. The van der Waals surface area contributed by atoms with Gasteiger partial charge in [0.25, 0.3) is 0 Å². The van der Waals surface area contributed by atoms with Gasteiger partial charge in [-0.05, 0) is 30.2 Å². The molecule has 0 amide bonds. The van der Waals surface area contributed by atoms with Gasteiger partial charge in [-0.15, -0.1) is 0 Å². The Hall–Kier alpha value is -1.05. The molecule has 7 heteroatoms. The number of hydrogen-bond acceptors (Lipinski definition) is 3. The van der Waals surface area contributed by atoms with Gasteiger partial charge in [0.2, 0.25) is 10.0 Å². The van der Waals surface area contributed by atoms with Gasteiger partial charge in [-0.3, -0.25) is 0 Å². The fraction of sp³-hybridized carbons (Fsp3) is 0.364. The first-order valence-corrected chi connectivity index (χ1v) is 7.47. The van der Waals surface area contributed by atoms with E-state index in [1.165, 1.54) is 16.4 Å². The van der Waals surface area contributed by atoms with Crippen molar-refractivity contribution in [3.8, 4) is 0 Å². The summed E-state index contributed by atoms with van der Waals surface area (Å²) in [5, 5.41) is 0. The maximum Gasteiger partial charge on any atom is 0.214 e. The van der Waals surface area contributed by atoms with Crippen LogP contribution < -0.4 is 5.73 Å². The molecule has 0 unspecified atom stereocenters. The molecule has 0 radical (unpaired) electrons. The monoisotopic (exact) mass is 288 g/mol. The molecule has 1 aromatic carbocycles. The van der Waals surface area contributed by atoms with Crippen LogP contribution in [0.1, 0.15) is 17.5 Å². The van der Waals surface area contributed by atoms with E-state index in [0.717, 1.165) is 0 Å². The highest BCUT2D eigenvalue weighted by atomic mass is 32.2. The quantitative estimate of drug-likeness (QED) is 0.843. The van der Waals surface area contributed by atoms with Crippen molar-refractivity contribution in [1.29, 1.82) is 0 Å². The van der Waals surface area contributed by atoms with Gasteiger partial charge in [0.15, 0.2) is 0 Å². The highest BCUT2D eigenvalue weighted by Crippen LogP contribution is 2.19. The molecule has 1 aliphatic rings. The summed E-state index contributed by atoms with van der Waals surface area (Å²) in [6.07, 6.45) is 0.611. The van der Waals surface area contributed by atoms with E-state index in [1.807, 2.05) is 0 Å². The Morgan fingerprint density at radius 1 is 1.44 bits per heavy atom. The van der Waals surface area contributed by atoms with Crippen LogP contribution in [0.25, 0.3) is 0 Å². The van der Waals surface area contributed by atoms with Crippen LogP contribution in [0, 0.1) is 5.82 Å². The lowest BCUT2D eigenvalue weighted by Crippen LogP contribution is -2.25. The topological polar surface area (TPSA) is 63.4 Å². The Labute approximate surface area is 111 Å². The van der Waals surface area contributed by atoms with Gasteiger partial charge in [0.05, 0.1) is 5.75 Å². The van der Waals surface area contributed by atoms with Crippen molar-refractivity contribution >= 4 is 27.2 Å². The van der Waals surface area contributed by atoms with E-state index in [2.05, 4.69) is 0 Å². The van der Waals surface area contributed by atoms with Crippen molar-refractivity contribution in [2.75, 3.05) is 12.3 Å². The first-order chi connectivity index (χ1) is 8.38. The summed E-state index contributed by atoms with van der Waals surface area (Å²) >= 11 is 4.79. The van der Waals surface area contributed by atoms with Crippen LogP contribution in [0.15, 0.2) is 18.2 Å². The maximum atomic E-state index is 13.4. The Balaban J connectivity index is 2.27. The smallest absolute Gasteiger partial charge is 0.214 e. The molecule has 2 N–H and O–H groups in total. The maximum absolute atomic E-state index is 13.4. The molecule has 98 valence electrons. The molecule has 1 aromatic rings. The first kappa shape index (κ1) is 13.4. The largest absolute Gasteiger partial charge is 0.389 e. The molecule has 1 saturated heterocycles. The summed E-state index contributed by atoms with van der Waals surface area (Å²) in [6.45, 7) is 0.636. The first-order valence-electron chi connectivity index (χ1n) is 5.45. The zero-order chi connectivity index (χ0) is 13.3. The Morgan fingerprint density at radius 3 is 2.72 bits per heavy atom. The van der Waals surface area contributed by atoms with E-state index < -0.39 is 15.8 Å². The Bertz CT molecular complexity index is 587. The van der Waals surface area contributed by atoms with Crippen LogP contribution in [-0.2, 0) is 16.6 Å². The number of hydrogen-bond donors (Lipinski definition) is 1. The van der Waals surface area contributed by atoms with Crippen LogP contribution in [0.3, 0.4) is 0 Å². The Kier molecular flexibility index (Phi) is 3.65. The van der Waals surface area contributed by atoms with Crippen LogP contribution in [0.5, 0.6) is 0 Å². The van der Waals surface area contributed by atoms with Gasteiger partial charge >= 0.3 is 0 Å². The van der Waals surface area contributed by atoms with Gasteiger partial charge in [0, 0.05) is 18.7 Å². The molecule has 1 aliphatic heterocycles. The molecule has 0 spiro atoms. The lowest BCUT2D eigenvalue weighted by Gasteiger charge is -2.14. The molecule has 1 fully saturated rings. The minimum absolute atomic E-state index is 0.0972. The average molecular weight is 288 g/mol. The standard InChI is InChI=1S/C11H13FN2O2S2/c12-10-5-8(4-9(6-10)11(13)17)7-14-2-1-3-18(14,15)16/h4-6H,1-3,7H2,(H2,13,17). The predicted molar refractivity (Wildman–Crippen MR) is 71.1 cm³/mol. The summed E-state index contributed by atoms with van der Waals surface area (Å²) in [5.41, 5.74) is 6.42. The molecule has 0 saturated carbocycles. The van der Waals surface area contributed by atoms with Crippen molar-refractivity contribution in [2.24, 2.45) is 5.73 Å². The highest BCUT2D eigenvalue weighted by molar-refractivity contribution is 7.89. The molecule has 0 atom stereocenters. The van der Waals surface area contributed by atoms with E-state index in [4.69, 9.17) is 18.0 Å². The van der Waals surface area contributed by atoms with Gasteiger partial charge in [-0.1, -0.05) is 12.2 Å². The second-order valence-electron chi connectivity index (χ2n) is 4.22. The third-order valence-corrected chi connectivity index (χ3v) is 4.94. The van der Waals surface area contributed by atoms with Crippen molar-refractivity contribution in [2.45, 2.75) is 13.0 Å². The molecule has 4 nitrogen and oxygen atoms in total. The van der Waals surface area contributed by atoms with Crippen LogP contribution >= 0.6 is 12.2 Å². The summed E-state index contributed by atoms with van der Waals surface area (Å²) in [5.74, 6) is -0.309. The van der Waals surface area contributed by atoms with Gasteiger partial charge < -0.3 is 5.73 Å². The lowest BCUT2D eigenvalue weighted by atomic mass is 10.1. The second kappa shape index (κ2) is 4.91. The molecule has 0 aliphatic carbocycles. The van der Waals surface area contributed by atoms with E-state index in [-0.39, 0.29) is 17.3 Å². The predicted octanol–water partition coefficient (Wildman–Crippen LogP) is 0.995. The summed E-state index contributed by atoms with van der Waals surface area (Å²) < 4.78 is 38.0. The number of rotatable bonds is 3. The molecule has 0 aromatic heterocycles.